The van der Waals surface area contributed by atoms with Gasteiger partial charge in [-0.3, -0.25) is 0 Å². The molecule has 2 rings (SSSR count). The Morgan fingerprint density at radius 2 is 2.00 bits per heavy atom. The van der Waals surface area contributed by atoms with Gasteiger partial charge in [0.15, 0.2) is 17.4 Å². The first-order valence-corrected chi connectivity index (χ1v) is 5.40. The summed E-state index contributed by atoms with van der Waals surface area (Å²) in [5.74, 6) is -1.81. The van der Waals surface area contributed by atoms with Crippen molar-refractivity contribution < 1.29 is 13.5 Å². The van der Waals surface area contributed by atoms with Gasteiger partial charge in [-0.15, -0.1) is 0 Å². The van der Waals surface area contributed by atoms with Gasteiger partial charge in [0.2, 0.25) is 5.95 Å². The zero-order valence-electron chi connectivity index (χ0n) is 10.4. The number of rotatable bonds is 3. The minimum absolute atomic E-state index is 0.197. The summed E-state index contributed by atoms with van der Waals surface area (Å²) in [6.45, 7) is 1.76. The van der Waals surface area contributed by atoms with E-state index in [0.29, 0.717) is 5.69 Å². The zero-order valence-corrected chi connectivity index (χ0v) is 10.4. The van der Waals surface area contributed by atoms with Gasteiger partial charge >= 0.3 is 0 Å². The molecule has 0 spiro atoms. The van der Waals surface area contributed by atoms with E-state index < -0.39 is 17.4 Å². The molecule has 1 aromatic carbocycles. The summed E-state index contributed by atoms with van der Waals surface area (Å²) in [5.41, 5.74) is 6.53. The first-order chi connectivity index (χ1) is 9.01. The molecule has 0 aliphatic rings. The second-order valence-corrected chi connectivity index (χ2v) is 3.85. The standard InChI is InChI=1S/C12H12F2N4O/c1-7-6-18(12(15)17-7)16-5-8-3-9(13)11(19-2)10(14)4-8/h3-6H,1-2H3,(H2,15,17). The summed E-state index contributed by atoms with van der Waals surface area (Å²) in [7, 11) is 1.20. The molecule has 0 amide bonds. The third kappa shape index (κ3) is 2.70. The van der Waals surface area contributed by atoms with Crippen LogP contribution in [-0.2, 0) is 0 Å². The molecule has 2 N–H and O–H groups in total. The van der Waals surface area contributed by atoms with E-state index in [9.17, 15) is 8.78 Å². The lowest BCUT2D eigenvalue weighted by atomic mass is 10.2. The van der Waals surface area contributed by atoms with Gasteiger partial charge in [0, 0.05) is 5.56 Å². The number of ether oxygens (including phenoxy) is 1. The van der Waals surface area contributed by atoms with Gasteiger partial charge in [0.25, 0.3) is 0 Å². The SMILES string of the molecule is COc1c(F)cc(C=Nn2cc(C)nc2N)cc1F. The fourth-order valence-corrected chi connectivity index (χ4v) is 1.57. The number of anilines is 1. The fourth-order valence-electron chi connectivity index (χ4n) is 1.57. The normalized spacial score (nSPS) is 11.2. The van der Waals surface area contributed by atoms with Crippen molar-refractivity contribution in [3.05, 3.63) is 41.2 Å². The third-order valence-corrected chi connectivity index (χ3v) is 2.39. The highest BCUT2D eigenvalue weighted by Gasteiger charge is 2.10. The molecule has 0 saturated carbocycles. The highest BCUT2D eigenvalue weighted by molar-refractivity contribution is 5.80. The van der Waals surface area contributed by atoms with Crippen molar-refractivity contribution in [2.75, 3.05) is 12.8 Å². The fraction of sp³-hybridized carbons (Fsp3) is 0.167. The second-order valence-electron chi connectivity index (χ2n) is 3.85. The number of aryl methyl sites for hydroxylation is 1. The van der Waals surface area contributed by atoms with Crippen LogP contribution in [0.5, 0.6) is 5.75 Å². The minimum atomic E-state index is -0.793. The van der Waals surface area contributed by atoms with Gasteiger partial charge in [0.05, 0.1) is 25.2 Å². The molecule has 0 fully saturated rings. The average Bonchev–Trinajstić information content (AvgIpc) is 2.65. The first-order valence-electron chi connectivity index (χ1n) is 5.40. The molecule has 1 heterocycles. The third-order valence-electron chi connectivity index (χ3n) is 2.39. The maximum absolute atomic E-state index is 13.4. The van der Waals surface area contributed by atoms with Crippen LogP contribution in [0.2, 0.25) is 0 Å². The summed E-state index contributed by atoms with van der Waals surface area (Å²) >= 11 is 0. The molecular formula is C12H12F2N4O. The van der Waals surface area contributed by atoms with Gasteiger partial charge in [-0.05, 0) is 19.1 Å². The van der Waals surface area contributed by atoms with Crippen LogP contribution in [-0.4, -0.2) is 23.0 Å². The predicted molar refractivity (Wildman–Crippen MR) is 67.3 cm³/mol. The van der Waals surface area contributed by atoms with E-state index in [1.54, 1.807) is 13.1 Å². The van der Waals surface area contributed by atoms with E-state index >= 15 is 0 Å². The molecule has 0 atom stereocenters. The molecule has 7 heteroatoms. The van der Waals surface area contributed by atoms with E-state index in [4.69, 9.17) is 5.73 Å². The Balaban J connectivity index is 2.31. The Morgan fingerprint density at radius 3 is 2.47 bits per heavy atom. The minimum Gasteiger partial charge on any atom is -0.491 e. The Labute approximate surface area is 108 Å². The number of nitrogens with zero attached hydrogens (tertiary/aromatic N) is 3. The van der Waals surface area contributed by atoms with Crippen molar-refractivity contribution in [3.8, 4) is 5.75 Å². The number of methoxy groups -OCH3 is 1. The highest BCUT2D eigenvalue weighted by atomic mass is 19.1. The molecule has 0 saturated heterocycles. The van der Waals surface area contributed by atoms with Crippen molar-refractivity contribution in [1.29, 1.82) is 0 Å². The number of hydrogen-bond donors (Lipinski definition) is 1. The molecule has 19 heavy (non-hydrogen) atoms. The average molecular weight is 266 g/mol. The number of imidazole rings is 1. The Kier molecular flexibility index (Phi) is 3.46. The first kappa shape index (κ1) is 13.0. The van der Waals surface area contributed by atoms with Gasteiger partial charge < -0.3 is 10.5 Å². The largest absolute Gasteiger partial charge is 0.491 e. The number of hydrogen-bond acceptors (Lipinski definition) is 4. The molecule has 0 aliphatic heterocycles. The van der Waals surface area contributed by atoms with Gasteiger partial charge in [-0.2, -0.15) is 5.10 Å². The van der Waals surface area contributed by atoms with Crippen molar-refractivity contribution in [2.45, 2.75) is 6.92 Å². The maximum Gasteiger partial charge on any atom is 0.221 e. The van der Waals surface area contributed by atoms with Gasteiger partial charge in [0.1, 0.15) is 0 Å². The summed E-state index contributed by atoms with van der Waals surface area (Å²) in [5, 5.41) is 3.96. The zero-order chi connectivity index (χ0) is 14.0. The number of benzene rings is 1. The van der Waals surface area contributed by atoms with Crippen LogP contribution >= 0.6 is 0 Å². The van der Waals surface area contributed by atoms with Crippen LogP contribution in [0.25, 0.3) is 0 Å². The van der Waals surface area contributed by atoms with E-state index in [0.717, 1.165) is 12.1 Å². The van der Waals surface area contributed by atoms with Crippen molar-refractivity contribution in [3.63, 3.8) is 0 Å². The quantitative estimate of drug-likeness (QED) is 0.863. The van der Waals surface area contributed by atoms with Crippen LogP contribution in [0, 0.1) is 18.6 Å². The topological polar surface area (TPSA) is 65.4 Å². The Morgan fingerprint density at radius 1 is 1.37 bits per heavy atom. The highest BCUT2D eigenvalue weighted by Crippen LogP contribution is 2.22. The molecule has 0 radical (unpaired) electrons. The molecule has 2 aromatic rings. The summed E-state index contributed by atoms with van der Waals surface area (Å²) in [4.78, 5) is 3.94. The van der Waals surface area contributed by atoms with Crippen LogP contribution < -0.4 is 10.5 Å². The lowest BCUT2D eigenvalue weighted by molar-refractivity contribution is 0.360. The predicted octanol–water partition coefficient (Wildman–Crippen LogP) is 1.94. The molecule has 100 valence electrons. The summed E-state index contributed by atoms with van der Waals surface area (Å²) in [6.07, 6.45) is 2.88. The molecule has 1 aromatic heterocycles. The lowest BCUT2D eigenvalue weighted by Gasteiger charge is -2.04. The van der Waals surface area contributed by atoms with Crippen molar-refractivity contribution >= 4 is 12.2 Å². The van der Waals surface area contributed by atoms with Crippen molar-refractivity contribution in [2.24, 2.45) is 5.10 Å². The Hall–Kier alpha value is -2.44. The second kappa shape index (κ2) is 5.05. The molecule has 0 bridgehead atoms. The summed E-state index contributed by atoms with van der Waals surface area (Å²) in [6, 6.07) is 2.23. The number of aromatic nitrogens is 2. The molecule has 5 nitrogen and oxygen atoms in total. The number of nitrogen functional groups attached to an aromatic ring is 1. The summed E-state index contributed by atoms with van der Waals surface area (Å²) < 4.78 is 32.8. The Bertz CT molecular complexity index is 614. The van der Waals surface area contributed by atoms with Crippen LogP contribution in [0.4, 0.5) is 14.7 Å². The number of halogens is 2. The van der Waals surface area contributed by atoms with Gasteiger partial charge in [-0.1, -0.05) is 0 Å². The number of nitrogens with two attached hydrogens (primary N) is 1. The van der Waals surface area contributed by atoms with E-state index in [-0.39, 0.29) is 11.5 Å². The van der Waals surface area contributed by atoms with Crippen LogP contribution in [0.3, 0.4) is 0 Å². The van der Waals surface area contributed by atoms with Crippen LogP contribution in [0.15, 0.2) is 23.4 Å². The molecular weight excluding hydrogens is 254 g/mol. The molecule has 0 unspecified atom stereocenters. The lowest BCUT2D eigenvalue weighted by Crippen LogP contribution is -1.98. The van der Waals surface area contributed by atoms with E-state index in [1.165, 1.54) is 18.0 Å². The van der Waals surface area contributed by atoms with E-state index in [1.807, 2.05) is 0 Å². The maximum atomic E-state index is 13.4. The molecule has 0 aliphatic carbocycles. The monoisotopic (exact) mass is 266 g/mol. The van der Waals surface area contributed by atoms with E-state index in [2.05, 4.69) is 14.8 Å². The van der Waals surface area contributed by atoms with Gasteiger partial charge in [-0.25, -0.2) is 18.4 Å². The smallest absolute Gasteiger partial charge is 0.221 e. The van der Waals surface area contributed by atoms with Crippen molar-refractivity contribution in [1.82, 2.24) is 9.66 Å². The van der Waals surface area contributed by atoms with Crippen LogP contribution in [0.1, 0.15) is 11.3 Å².